The second-order valence-corrected chi connectivity index (χ2v) is 7.61. The van der Waals surface area contributed by atoms with Crippen LogP contribution in [0.4, 0.5) is 10.1 Å². The van der Waals surface area contributed by atoms with E-state index in [-0.39, 0.29) is 17.3 Å². The van der Waals surface area contributed by atoms with Crippen LogP contribution in [-0.2, 0) is 4.79 Å². The van der Waals surface area contributed by atoms with Crippen molar-refractivity contribution in [2.45, 2.75) is 19.0 Å². The van der Waals surface area contributed by atoms with Crippen molar-refractivity contribution in [3.05, 3.63) is 58.6 Å². The van der Waals surface area contributed by atoms with Gasteiger partial charge in [0.05, 0.1) is 18.0 Å². The smallest absolute Gasteiger partial charge is 0.234 e. The number of amides is 1. The molecule has 0 unspecified atom stereocenters. The number of carbonyl (C=O) groups excluding carboxylic acids is 1. The third-order valence-corrected chi connectivity index (χ3v) is 5.16. The highest BCUT2D eigenvalue weighted by atomic mass is 79.9. The summed E-state index contributed by atoms with van der Waals surface area (Å²) in [5, 5.41) is 11.4. The first-order chi connectivity index (χ1) is 13.5. The lowest BCUT2D eigenvalue weighted by atomic mass is 10.3. The molecular weight excluding hydrogens is 447 g/mol. The highest BCUT2D eigenvalue weighted by Crippen LogP contribution is 2.24. The number of rotatable bonds is 7. The molecule has 1 aromatic heterocycles. The van der Waals surface area contributed by atoms with E-state index in [4.69, 9.17) is 4.74 Å². The Labute approximate surface area is 174 Å². The summed E-state index contributed by atoms with van der Waals surface area (Å²) < 4.78 is 21.8. The van der Waals surface area contributed by atoms with Crippen LogP contribution < -0.4 is 10.1 Å². The summed E-state index contributed by atoms with van der Waals surface area (Å²) in [5.41, 5.74) is 1.01. The van der Waals surface area contributed by atoms with E-state index in [2.05, 4.69) is 31.4 Å². The molecule has 1 heterocycles. The minimum absolute atomic E-state index is 0.0741. The Morgan fingerprint density at radius 1 is 1.25 bits per heavy atom. The number of halogens is 2. The van der Waals surface area contributed by atoms with Gasteiger partial charge in [-0.3, -0.25) is 9.36 Å². The van der Waals surface area contributed by atoms with E-state index < -0.39 is 5.82 Å². The van der Waals surface area contributed by atoms with E-state index in [1.54, 1.807) is 6.07 Å². The summed E-state index contributed by atoms with van der Waals surface area (Å²) in [6.45, 7) is 4.36. The molecule has 3 rings (SSSR count). The predicted octanol–water partition coefficient (Wildman–Crippen LogP) is 4.61. The molecule has 0 aliphatic heterocycles. The molecule has 0 bridgehead atoms. The lowest BCUT2D eigenvalue weighted by molar-refractivity contribution is -0.113. The molecule has 0 saturated carbocycles. The summed E-state index contributed by atoms with van der Waals surface area (Å²) in [6.07, 6.45) is 0. The normalized spacial score (nSPS) is 10.7. The molecule has 0 aliphatic carbocycles. The quantitative estimate of drug-likeness (QED) is 0.517. The monoisotopic (exact) mass is 464 g/mol. The molecule has 0 saturated heterocycles. The molecule has 28 heavy (non-hydrogen) atoms. The Kier molecular flexibility index (Phi) is 6.69. The first kappa shape index (κ1) is 20.3. The van der Waals surface area contributed by atoms with E-state index in [1.165, 1.54) is 23.9 Å². The summed E-state index contributed by atoms with van der Waals surface area (Å²) in [6, 6.07) is 12.0. The zero-order chi connectivity index (χ0) is 20.1. The second-order valence-electron chi connectivity index (χ2n) is 5.75. The summed E-state index contributed by atoms with van der Waals surface area (Å²) >= 11 is 4.41. The van der Waals surface area contributed by atoms with Crippen LogP contribution in [0.25, 0.3) is 5.69 Å². The highest BCUT2D eigenvalue weighted by molar-refractivity contribution is 9.10. The molecule has 0 atom stereocenters. The van der Waals surface area contributed by atoms with Gasteiger partial charge < -0.3 is 10.1 Å². The fourth-order valence-corrected chi connectivity index (χ4v) is 3.63. The van der Waals surface area contributed by atoms with Crippen molar-refractivity contribution in [1.29, 1.82) is 0 Å². The van der Waals surface area contributed by atoms with Gasteiger partial charge in [0, 0.05) is 10.2 Å². The Morgan fingerprint density at radius 3 is 2.68 bits per heavy atom. The number of benzene rings is 2. The second kappa shape index (κ2) is 9.20. The maximum Gasteiger partial charge on any atom is 0.234 e. The minimum atomic E-state index is -0.499. The van der Waals surface area contributed by atoms with Gasteiger partial charge in [0.2, 0.25) is 5.91 Å². The predicted molar refractivity (Wildman–Crippen MR) is 111 cm³/mol. The van der Waals surface area contributed by atoms with E-state index in [1.807, 2.05) is 42.7 Å². The highest BCUT2D eigenvalue weighted by Gasteiger charge is 2.14. The van der Waals surface area contributed by atoms with Gasteiger partial charge in [-0.05, 0) is 56.3 Å². The van der Waals surface area contributed by atoms with Gasteiger partial charge in [-0.25, -0.2) is 4.39 Å². The number of hydrogen-bond donors (Lipinski definition) is 1. The number of thioether (sulfide) groups is 1. The number of hydrogen-bond acceptors (Lipinski definition) is 5. The molecule has 0 aliphatic rings. The standard InChI is InChI=1S/C19H18BrFN4O2S/c1-3-27-15-7-5-14(6-8-15)25-12(2)23-24-19(25)28-11-18(26)22-17-9-4-13(20)10-16(17)21/h4-10H,3,11H2,1-2H3,(H,22,26). The van der Waals surface area contributed by atoms with Crippen molar-refractivity contribution in [2.24, 2.45) is 0 Å². The average molecular weight is 465 g/mol. The molecule has 3 aromatic rings. The molecule has 6 nitrogen and oxygen atoms in total. The fourth-order valence-electron chi connectivity index (χ4n) is 2.50. The SMILES string of the molecule is CCOc1ccc(-n2c(C)nnc2SCC(=O)Nc2ccc(Br)cc2F)cc1. The van der Waals surface area contributed by atoms with Gasteiger partial charge >= 0.3 is 0 Å². The van der Waals surface area contributed by atoms with Crippen molar-refractivity contribution in [3.63, 3.8) is 0 Å². The van der Waals surface area contributed by atoms with Gasteiger partial charge in [0.15, 0.2) is 5.16 Å². The van der Waals surface area contributed by atoms with Gasteiger partial charge in [-0.1, -0.05) is 27.7 Å². The number of nitrogens with zero attached hydrogens (tertiary/aromatic N) is 3. The van der Waals surface area contributed by atoms with Crippen molar-refractivity contribution < 1.29 is 13.9 Å². The Hall–Kier alpha value is -2.39. The first-order valence-corrected chi connectivity index (χ1v) is 10.3. The maximum absolute atomic E-state index is 13.9. The largest absolute Gasteiger partial charge is 0.494 e. The lowest BCUT2D eigenvalue weighted by Crippen LogP contribution is -2.15. The van der Waals surface area contributed by atoms with Crippen molar-refractivity contribution >= 4 is 39.3 Å². The average Bonchev–Trinajstić information content (AvgIpc) is 3.04. The lowest BCUT2D eigenvalue weighted by Gasteiger charge is -2.10. The zero-order valence-electron chi connectivity index (χ0n) is 15.3. The minimum Gasteiger partial charge on any atom is -0.494 e. The van der Waals surface area contributed by atoms with Crippen LogP contribution >= 0.6 is 27.7 Å². The summed E-state index contributed by atoms with van der Waals surface area (Å²) in [5.74, 6) is 0.726. The molecule has 146 valence electrons. The van der Waals surface area contributed by atoms with Crippen LogP contribution in [0.3, 0.4) is 0 Å². The maximum atomic E-state index is 13.9. The Bertz CT molecular complexity index is 979. The molecule has 1 N–H and O–H groups in total. The topological polar surface area (TPSA) is 69.0 Å². The van der Waals surface area contributed by atoms with Crippen LogP contribution in [0.15, 0.2) is 52.1 Å². The fraction of sp³-hybridized carbons (Fsp3) is 0.211. The van der Waals surface area contributed by atoms with Crippen LogP contribution in [0.1, 0.15) is 12.7 Å². The van der Waals surface area contributed by atoms with Crippen LogP contribution in [-0.4, -0.2) is 33.0 Å². The first-order valence-electron chi connectivity index (χ1n) is 8.51. The number of aryl methyl sites for hydroxylation is 1. The van der Waals surface area contributed by atoms with E-state index in [9.17, 15) is 9.18 Å². The van der Waals surface area contributed by atoms with Gasteiger partial charge in [0.25, 0.3) is 0 Å². The van der Waals surface area contributed by atoms with Gasteiger partial charge in [-0.15, -0.1) is 10.2 Å². The Balaban J connectivity index is 1.69. The van der Waals surface area contributed by atoms with E-state index >= 15 is 0 Å². The van der Waals surface area contributed by atoms with Gasteiger partial charge in [0.1, 0.15) is 17.4 Å². The summed E-state index contributed by atoms with van der Waals surface area (Å²) in [7, 11) is 0. The molecule has 9 heteroatoms. The third kappa shape index (κ3) is 4.90. The molecule has 2 aromatic carbocycles. The number of ether oxygens (including phenoxy) is 1. The van der Waals surface area contributed by atoms with E-state index in [0.29, 0.717) is 22.1 Å². The van der Waals surface area contributed by atoms with Gasteiger partial charge in [-0.2, -0.15) is 0 Å². The Morgan fingerprint density at radius 2 is 2.00 bits per heavy atom. The molecule has 0 fully saturated rings. The zero-order valence-corrected chi connectivity index (χ0v) is 17.7. The molecule has 0 spiro atoms. The molecule has 1 amide bonds. The number of aromatic nitrogens is 3. The van der Waals surface area contributed by atoms with Crippen molar-refractivity contribution in [3.8, 4) is 11.4 Å². The van der Waals surface area contributed by atoms with Crippen molar-refractivity contribution in [2.75, 3.05) is 17.7 Å². The van der Waals surface area contributed by atoms with Crippen LogP contribution in [0, 0.1) is 12.7 Å². The number of nitrogens with one attached hydrogen (secondary N) is 1. The van der Waals surface area contributed by atoms with Crippen LogP contribution in [0.2, 0.25) is 0 Å². The van der Waals surface area contributed by atoms with Crippen molar-refractivity contribution in [1.82, 2.24) is 14.8 Å². The molecular formula is C19H18BrFN4O2S. The third-order valence-electron chi connectivity index (χ3n) is 3.74. The molecule has 0 radical (unpaired) electrons. The number of anilines is 1. The summed E-state index contributed by atoms with van der Waals surface area (Å²) in [4.78, 5) is 12.2. The number of carbonyl (C=O) groups is 1. The van der Waals surface area contributed by atoms with Crippen LogP contribution in [0.5, 0.6) is 5.75 Å². The van der Waals surface area contributed by atoms with E-state index in [0.717, 1.165) is 11.4 Å².